The molecule has 0 aromatic heterocycles. The van der Waals surface area contributed by atoms with Crippen LogP contribution in [-0.4, -0.2) is 50.7 Å². The number of rotatable bonds is 6. The van der Waals surface area contributed by atoms with Crippen molar-refractivity contribution >= 4 is 27.7 Å². The summed E-state index contributed by atoms with van der Waals surface area (Å²) in [6.07, 6.45) is 1.89. The Bertz CT molecular complexity index is 969. The Morgan fingerprint density at radius 1 is 1.03 bits per heavy atom. The van der Waals surface area contributed by atoms with E-state index in [0.29, 0.717) is 37.2 Å². The zero-order valence-corrected chi connectivity index (χ0v) is 17.5. The van der Waals surface area contributed by atoms with E-state index in [0.717, 1.165) is 11.8 Å². The quantitative estimate of drug-likeness (QED) is 0.732. The molecule has 30 heavy (non-hydrogen) atoms. The highest BCUT2D eigenvalue weighted by atomic mass is 32.2. The van der Waals surface area contributed by atoms with E-state index in [4.69, 9.17) is 4.74 Å². The molecule has 0 bridgehead atoms. The fraction of sp³-hybridized carbons (Fsp3) is 0.333. The van der Waals surface area contributed by atoms with Crippen LogP contribution < -0.4 is 10.0 Å². The van der Waals surface area contributed by atoms with E-state index in [1.54, 1.807) is 29.2 Å². The van der Waals surface area contributed by atoms with Gasteiger partial charge in [-0.3, -0.25) is 9.52 Å². The minimum atomic E-state index is -3.36. The lowest BCUT2D eigenvalue weighted by atomic mass is 10.0. The number of ether oxygens (including phenoxy) is 1. The molecule has 1 heterocycles. The van der Waals surface area contributed by atoms with Crippen LogP contribution in [0.25, 0.3) is 0 Å². The van der Waals surface area contributed by atoms with Gasteiger partial charge in [-0.05, 0) is 42.7 Å². The minimum absolute atomic E-state index is 0.0429. The summed E-state index contributed by atoms with van der Waals surface area (Å²) in [5, 5.41) is 2.85. The molecule has 1 saturated heterocycles. The Labute approximate surface area is 176 Å². The maximum Gasteiger partial charge on any atom is 0.407 e. The van der Waals surface area contributed by atoms with Crippen molar-refractivity contribution in [3.8, 4) is 0 Å². The highest BCUT2D eigenvalue weighted by Gasteiger charge is 2.25. The zero-order chi connectivity index (χ0) is 21.6. The molecular weight excluding hydrogens is 406 g/mol. The van der Waals surface area contributed by atoms with Gasteiger partial charge in [-0.15, -0.1) is 0 Å². The lowest BCUT2D eigenvalue weighted by Gasteiger charge is -2.32. The van der Waals surface area contributed by atoms with E-state index in [-0.39, 0.29) is 18.6 Å². The number of nitrogens with one attached hydrogen (secondary N) is 2. The fourth-order valence-electron chi connectivity index (χ4n) is 3.24. The molecule has 0 radical (unpaired) electrons. The molecule has 0 saturated carbocycles. The number of piperidine rings is 1. The van der Waals surface area contributed by atoms with Gasteiger partial charge in [0.05, 0.1) is 6.26 Å². The predicted octanol–water partition coefficient (Wildman–Crippen LogP) is 2.59. The minimum Gasteiger partial charge on any atom is -0.445 e. The van der Waals surface area contributed by atoms with Crippen LogP contribution in [0.2, 0.25) is 0 Å². The lowest BCUT2D eigenvalue weighted by molar-refractivity contribution is 0.0701. The first kappa shape index (κ1) is 21.6. The van der Waals surface area contributed by atoms with Crippen LogP contribution in [0.1, 0.15) is 28.8 Å². The number of amides is 2. The third-order valence-corrected chi connectivity index (χ3v) is 5.36. The molecule has 9 heteroatoms. The summed E-state index contributed by atoms with van der Waals surface area (Å²) in [7, 11) is -3.36. The van der Waals surface area contributed by atoms with Gasteiger partial charge in [0.1, 0.15) is 6.61 Å². The number of carbonyl (C=O) groups excluding carboxylic acids is 2. The summed E-state index contributed by atoms with van der Waals surface area (Å²) in [5.74, 6) is -0.119. The second-order valence-electron chi connectivity index (χ2n) is 7.22. The molecule has 0 atom stereocenters. The van der Waals surface area contributed by atoms with Gasteiger partial charge in [-0.2, -0.15) is 0 Å². The SMILES string of the molecule is CS(=O)(=O)Nc1ccc(C(=O)N2CCC(NC(=O)OCc3ccccc3)CC2)cc1. The van der Waals surface area contributed by atoms with Gasteiger partial charge in [-0.25, -0.2) is 13.2 Å². The van der Waals surface area contributed by atoms with Crippen LogP contribution in [0.3, 0.4) is 0 Å². The van der Waals surface area contributed by atoms with E-state index in [1.807, 2.05) is 30.3 Å². The molecule has 1 fully saturated rings. The molecule has 1 aliphatic rings. The predicted molar refractivity (Wildman–Crippen MR) is 114 cm³/mol. The smallest absolute Gasteiger partial charge is 0.407 e. The van der Waals surface area contributed by atoms with Crippen molar-refractivity contribution in [1.82, 2.24) is 10.2 Å². The van der Waals surface area contributed by atoms with Crippen LogP contribution in [0.15, 0.2) is 54.6 Å². The Hall–Kier alpha value is -3.07. The molecule has 1 aliphatic heterocycles. The number of anilines is 1. The third-order valence-electron chi connectivity index (χ3n) is 4.75. The Balaban J connectivity index is 1.44. The molecule has 0 unspecified atom stereocenters. The number of hydrogen-bond acceptors (Lipinski definition) is 5. The van der Waals surface area contributed by atoms with Gasteiger partial charge in [-0.1, -0.05) is 30.3 Å². The normalized spacial score (nSPS) is 14.8. The maximum absolute atomic E-state index is 12.7. The highest BCUT2D eigenvalue weighted by Crippen LogP contribution is 2.17. The number of sulfonamides is 1. The molecule has 2 amide bonds. The van der Waals surface area contributed by atoms with E-state index in [9.17, 15) is 18.0 Å². The standard InChI is InChI=1S/C21H25N3O5S/c1-30(27,28)23-19-9-7-17(8-10-19)20(25)24-13-11-18(12-14-24)22-21(26)29-15-16-5-3-2-4-6-16/h2-10,18,23H,11-15H2,1H3,(H,22,26). The van der Waals surface area contributed by atoms with Crippen molar-refractivity contribution in [2.75, 3.05) is 24.1 Å². The van der Waals surface area contributed by atoms with Crippen molar-refractivity contribution in [3.05, 3.63) is 65.7 Å². The lowest BCUT2D eigenvalue weighted by Crippen LogP contribution is -2.46. The van der Waals surface area contributed by atoms with Crippen molar-refractivity contribution < 1.29 is 22.7 Å². The molecule has 160 valence electrons. The summed E-state index contributed by atoms with van der Waals surface area (Å²) >= 11 is 0. The third kappa shape index (κ3) is 6.48. The van der Waals surface area contributed by atoms with Gasteiger partial charge in [0.2, 0.25) is 10.0 Å². The molecule has 2 N–H and O–H groups in total. The Morgan fingerprint density at radius 2 is 1.67 bits per heavy atom. The summed E-state index contributed by atoms with van der Waals surface area (Å²) in [6, 6.07) is 15.7. The number of nitrogens with zero attached hydrogens (tertiary/aromatic N) is 1. The van der Waals surface area contributed by atoms with Crippen molar-refractivity contribution in [2.45, 2.75) is 25.5 Å². The molecule has 2 aromatic rings. The average Bonchev–Trinajstić information content (AvgIpc) is 2.72. The van der Waals surface area contributed by atoms with E-state index >= 15 is 0 Å². The molecular formula is C21H25N3O5S. The van der Waals surface area contributed by atoms with E-state index in [1.165, 1.54) is 0 Å². The highest BCUT2D eigenvalue weighted by molar-refractivity contribution is 7.92. The average molecular weight is 432 g/mol. The number of likely N-dealkylation sites (tertiary alicyclic amines) is 1. The number of carbonyl (C=O) groups is 2. The van der Waals surface area contributed by atoms with Gasteiger partial charge in [0.25, 0.3) is 5.91 Å². The van der Waals surface area contributed by atoms with Crippen LogP contribution in [0, 0.1) is 0 Å². The van der Waals surface area contributed by atoms with Gasteiger partial charge in [0, 0.05) is 30.4 Å². The Morgan fingerprint density at radius 3 is 2.27 bits per heavy atom. The van der Waals surface area contributed by atoms with E-state index < -0.39 is 16.1 Å². The van der Waals surface area contributed by atoms with Gasteiger partial charge >= 0.3 is 6.09 Å². The topological polar surface area (TPSA) is 105 Å². The number of alkyl carbamates (subject to hydrolysis) is 1. The van der Waals surface area contributed by atoms with Crippen molar-refractivity contribution in [3.63, 3.8) is 0 Å². The van der Waals surface area contributed by atoms with Crippen LogP contribution in [-0.2, 0) is 21.4 Å². The van der Waals surface area contributed by atoms with Crippen LogP contribution in [0.4, 0.5) is 10.5 Å². The monoisotopic (exact) mass is 431 g/mol. The van der Waals surface area contributed by atoms with Crippen molar-refractivity contribution in [2.24, 2.45) is 0 Å². The maximum atomic E-state index is 12.7. The van der Waals surface area contributed by atoms with Gasteiger partial charge < -0.3 is 15.0 Å². The molecule has 0 spiro atoms. The largest absolute Gasteiger partial charge is 0.445 e. The van der Waals surface area contributed by atoms with E-state index in [2.05, 4.69) is 10.0 Å². The second-order valence-corrected chi connectivity index (χ2v) is 8.97. The zero-order valence-electron chi connectivity index (χ0n) is 16.7. The number of benzene rings is 2. The first-order valence-corrected chi connectivity index (χ1v) is 11.5. The van der Waals surface area contributed by atoms with Gasteiger partial charge in [0.15, 0.2) is 0 Å². The summed E-state index contributed by atoms with van der Waals surface area (Å²) in [6.45, 7) is 1.26. The van der Waals surface area contributed by atoms with Crippen molar-refractivity contribution in [1.29, 1.82) is 0 Å². The number of hydrogen-bond donors (Lipinski definition) is 2. The van der Waals surface area contributed by atoms with Crippen LogP contribution >= 0.6 is 0 Å². The second kappa shape index (κ2) is 9.62. The summed E-state index contributed by atoms with van der Waals surface area (Å²) in [4.78, 5) is 26.4. The fourth-order valence-corrected chi connectivity index (χ4v) is 3.80. The Kier molecular flexibility index (Phi) is 6.94. The van der Waals surface area contributed by atoms with Crippen LogP contribution in [0.5, 0.6) is 0 Å². The first-order valence-electron chi connectivity index (χ1n) is 9.64. The molecule has 0 aliphatic carbocycles. The summed E-state index contributed by atoms with van der Waals surface area (Å²) in [5.41, 5.74) is 1.82. The summed E-state index contributed by atoms with van der Waals surface area (Å²) < 4.78 is 30.1. The molecule has 3 rings (SSSR count). The molecule has 8 nitrogen and oxygen atoms in total. The first-order chi connectivity index (χ1) is 14.3. The molecule has 2 aromatic carbocycles.